The largest absolute Gasteiger partial charge is 0.354 e. The second-order valence-corrected chi connectivity index (χ2v) is 8.59. The standard InChI is InChI=1S/C13H27ClN2O4S/c1-5-13(2,14)12(17)15-8-6-9-16(3,4)10-7-11-21(18,19)20/h5-11H2,1-4H3,(H-,15,17,18,19,20)/p+1. The lowest BCUT2D eigenvalue weighted by atomic mass is 10.1. The fraction of sp³-hybridized carbons (Fsp3) is 0.923. The second kappa shape index (κ2) is 8.31. The SMILES string of the molecule is CCC(C)(Cl)C(=O)NCCC[N+](C)(C)CCCS(=O)(=O)O. The number of carbonyl (C=O) groups is 1. The maximum Gasteiger partial charge on any atom is 0.265 e. The Labute approximate surface area is 133 Å². The molecular formula is C13H28ClN2O4S+. The molecule has 0 aromatic rings. The van der Waals surface area contributed by atoms with Crippen molar-refractivity contribution in [2.75, 3.05) is 39.5 Å². The lowest BCUT2D eigenvalue weighted by molar-refractivity contribution is -0.890. The number of halogens is 1. The smallest absolute Gasteiger partial charge is 0.265 e. The van der Waals surface area contributed by atoms with Gasteiger partial charge in [0, 0.05) is 19.4 Å². The maximum absolute atomic E-state index is 11.8. The van der Waals surface area contributed by atoms with E-state index in [4.69, 9.17) is 16.2 Å². The fourth-order valence-electron chi connectivity index (χ4n) is 1.84. The van der Waals surface area contributed by atoms with Gasteiger partial charge in [-0.3, -0.25) is 9.35 Å². The molecule has 126 valence electrons. The van der Waals surface area contributed by atoms with Gasteiger partial charge in [0.15, 0.2) is 0 Å². The third-order valence-corrected chi connectivity index (χ3v) is 4.77. The Morgan fingerprint density at radius 1 is 1.29 bits per heavy atom. The van der Waals surface area contributed by atoms with Crippen molar-refractivity contribution in [1.29, 1.82) is 0 Å². The molecule has 0 saturated carbocycles. The molecule has 0 radical (unpaired) electrons. The van der Waals surface area contributed by atoms with E-state index in [0.717, 1.165) is 13.0 Å². The van der Waals surface area contributed by atoms with Gasteiger partial charge in [-0.25, -0.2) is 0 Å². The minimum Gasteiger partial charge on any atom is -0.354 e. The van der Waals surface area contributed by atoms with E-state index in [0.29, 0.717) is 30.4 Å². The van der Waals surface area contributed by atoms with Crippen LogP contribution in [0, 0.1) is 0 Å². The average Bonchev–Trinajstić information content (AvgIpc) is 2.32. The van der Waals surface area contributed by atoms with Crippen molar-refractivity contribution in [2.45, 2.75) is 38.0 Å². The molecule has 0 aliphatic rings. The van der Waals surface area contributed by atoms with Gasteiger partial charge in [0.2, 0.25) is 5.91 Å². The third-order valence-electron chi connectivity index (χ3n) is 3.53. The summed E-state index contributed by atoms with van der Waals surface area (Å²) < 4.78 is 30.7. The Hall–Kier alpha value is -0.370. The van der Waals surface area contributed by atoms with Crippen molar-refractivity contribution in [3.63, 3.8) is 0 Å². The van der Waals surface area contributed by atoms with Crippen molar-refractivity contribution in [1.82, 2.24) is 5.32 Å². The number of hydrogen-bond donors (Lipinski definition) is 2. The van der Waals surface area contributed by atoms with E-state index in [2.05, 4.69) is 5.32 Å². The zero-order valence-corrected chi connectivity index (χ0v) is 14.9. The molecule has 0 spiro atoms. The third kappa shape index (κ3) is 10.1. The number of quaternary nitrogens is 1. The topological polar surface area (TPSA) is 83.5 Å². The highest BCUT2D eigenvalue weighted by molar-refractivity contribution is 7.85. The first kappa shape index (κ1) is 20.6. The van der Waals surface area contributed by atoms with Crippen LogP contribution in [0.15, 0.2) is 0 Å². The highest BCUT2D eigenvalue weighted by atomic mass is 35.5. The molecule has 0 rings (SSSR count). The lowest BCUT2D eigenvalue weighted by Crippen LogP contribution is -2.44. The molecule has 1 unspecified atom stereocenters. The highest BCUT2D eigenvalue weighted by Crippen LogP contribution is 2.18. The van der Waals surface area contributed by atoms with Crippen LogP contribution in [0.5, 0.6) is 0 Å². The van der Waals surface area contributed by atoms with Gasteiger partial charge in [-0.05, 0) is 13.3 Å². The van der Waals surface area contributed by atoms with Gasteiger partial charge in [0.1, 0.15) is 4.87 Å². The number of rotatable bonds is 10. The molecule has 8 heteroatoms. The molecule has 6 nitrogen and oxygen atoms in total. The van der Waals surface area contributed by atoms with Crippen molar-refractivity contribution in [2.24, 2.45) is 0 Å². The molecule has 0 aliphatic heterocycles. The molecule has 0 aliphatic carbocycles. The predicted octanol–water partition coefficient (Wildman–Crippen LogP) is 1.25. The quantitative estimate of drug-likeness (QED) is 0.271. The zero-order valence-electron chi connectivity index (χ0n) is 13.4. The first-order valence-electron chi connectivity index (χ1n) is 7.14. The first-order valence-corrected chi connectivity index (χ1v) is 9.13. The van der Waals surface area contributed by atoms with E-state index in [-0.39, 0.29) is 11.7 Å². The van der Waals surface area contributed by atoms with Crippen LogP contribution in [0.4, 0.5) is 0 Å². The van der Waals surface area contributed by atoms with Crippen molar-refractivity contribution >= 4 is 27.6 Å². The van der Waals surface area contributed by atoms with E-state index in [1.807, 2.05) is 21.0 Å². The summed E-state index contributed by atoms with van der Waals surface area (Å²) in [5.41, 5.74) is 0. The zero-order chi connectivity index (χ0) is 16.7. The minimum absolute atomic E-state index is 0.164. The van der Waals surface area contributed by atoms with Gasteiger partial charge in [0.05, 0.1) is 32.9 Å². The van der Waals surface area contributed by atoms with Gasteiger partial charge >= 0.3 is 0 Å². The summed E-state index contributed by atoms with van der Waals surface area (Å²) in [6.45, 7) is 5.55. The van der Waals surface area contributed by atoms with Crippen molar-refractivity contribution in [3.05, 3.63) is 0 Å². The summed E-state index contributed by atoms with van der Waals surface area (Å²) in [4.78, 5) is 10.9. The maximum atomic E-state index is 11.8. The van der Waals surface area contributed by atoms with Gasteiger partial charge in [-0.15, -0.1) is 11.6 Å². The molecule has 0 saturated heterocycles. The Kier molecular flexibility index (Phi) is 8.17. The molecule has 0 heterocycles. The summed E-state index contributed by atoms with van der Waals surface area (Å²) in [5, 5.41) is 2.81. The highest BCUT2D eigenvalue weighted by Gasteiger charge is 2.27. The number of carbonyl (C=O) groups excluding carboxylic acids is 1. The van der Waals surface area contributed by atoms with Crippen LogP contribution >= 0.6 is 11.6 Å². The van der Waals surface area contributed by atoms with Gasteiger partial charge in [-0.1, -0.05) is 6.92 Å². The fourth-order valence-corrected chi connectivity index (χ4v) is 2.40. The van der Waals surface area contributed by atoms with E-state index in [1.165, 1.54) is 0 Å². The number of hydrogen-bond acceptors (Lipinski definition) is 3. The number of alkyl halides is 1. The molecule has 0 bridgehead atoms. The summed E-state index contributed by atoms with van der Waals surface area (Å²) in [6.07, 6.45) is 1.76. The number of nitrogens with one attached hydrogen (secondary N) is 1. The summed E-state index contributed by atoms with van der Waals surface area (Å²) >= 11 is 6.05. The minimum atomic E-state index is -3.88. The molecule has 2 N–H and O–H groups in total. The predicted molar refractivity (Wildman–Crippen MR) is 85.1 cm³/mol. The van der Waals surface area contributed by atoms with E-state index in [9.17, 15) is 13.2 Å². The molecule has 0 aromatic carbocycles. The Morgan fingerprint density at radius 2 is 1.81 bits per heavy atom. The second-order valence-electron chi connectivity index (χ2n) is 6.18. The molecule has 1 amide bonds. The van der Waals surface area contributed by atoms with Crippen molar-refractivity contribution < 1.29 is 22.2 Å². The van der Waals surface area contributed by atoms with Crippen LogP contribution in [0.25, 0.3) is 0 Å². The summed E-state index contributed by atoms with van der Waals surface area (Å²) in [6, 6.07) is 0. The Balaban J connectivity index is 3.97. The lowest BCUT2D eigenvalue weighted by Gasteiger charge is -2.30. The normalized spacial score (nSPS) is 15.5. The molecule has 0 fully saturated rings. The molecule has 21 heavy (non-hydrogen) atoms. The average molecular weight is 344 g/mol. The van der Waals surface area contributed by atoms with Crippen LogP contribution in [0.3, 0.4) is 0 Å². The van der Waals surface area contributed by atoms with Crippen LogP contribution in [-0.4, -0.2) is 67.7 Å². The van der Waals surface area contributed by atoms with Crippen LogP contribution < -0.4 is 5.32 Å². The van der Waals surface area contributed by atoms with Gasteiger partial charge in [0.25, 0.3) is 10.1 Å². The molecule has 0 aromatic heterocycles. The van der Waals surface area contributed by atoms with Crippen molar-refractivity contribution in [3.8, 4) is 0 Å². The Morgan fingerprint density at radius 3 is 2.29 bits per heavy atom. The summed E-state index contributed by atoms with van der Waals surface area (Å²) in [5.74, 6) is -0.379. The number of amides is 1. The van der Waals surface area contributed by atoms with Gasteiger partial charge in [-0.2, -0.15) is 8.42 Å². The molecular weight excluding hydrogens is 316 g/mol. The Bertz CT molecular complexity index is 435. The van der Waals surface area contributed by atoms with E-state index >= 15 is 0 Å². The van der Waals surface area contributed by atoms with E-state index in [1.54, 1.807) is 6.92 Å². The summed E-state index contributed by atoms with van der Waals surface area (Å²) in [7, 11) is 0.0953. The van der Waals surface area contributed by atoms with Crippen LogP contribution in [-0.2, 0) is 14.9 Å². The van der Waals surface area contributed by atoms with Gasteiger partial charge < -0.3 is 9.80 Å². The van der Waals surface area contributed by atoms with Crippen LogP contribution in [0.2, 0.25) is 0 Å². The first-order chi connectivity index (χ1) is 9.40. The van der Waals surface area contributed by atoms with E-state index < -0.39 is 15.0 Å². The number of nitrogens with zero attached hydrogens (tertiary/aromatic N) is 1. The van der Waals surface area contributed by atoms with Crippen LogP contribution in [0.1, 0.15) is 33.1 Å². The monoisotopic (exact) mass is 343 g/mol. The molecule has 1 atom stereocenters.